The molecule has 0 radical (unpaired) electrons. The molecule has 4 nitrogen and oxygen atoms in total. The standard InChI is InChI=1S/C16H23N3O/c1-6-20-16-9-11(2)7-8-15(16)17-10-14-12(3)18-19(5)13(14)4/h7-9,17H,6,10H2,1-5H3. The second kappa shape index (κ2) is 5.99. The molecule has 2 rings (SSSR count). The Morgan fingerprint density at radius 3 is 2.60 bits per heavy atom. The summed E-state index contributed by atoms with van der Waals surface area (Å²) in [6, 6.07) is 6.23. The van der Waals surface area contributed by atoms with Crippen molar-refractivity contribution in [3.8, 4) is 5.75 Å². The lowest BCUT2D eigenvalue weighted by Gasteiger charge is -2.13. The molecule has 0 aliphatic carbocycles. The highest BCUT2D eigenvalue weighted by molar-refractivity contribution is 5.58. The highest BCUT2D eigenvalue weighted by Crippen LogP contribution is 2.26. The number of hydrogen-bond donors (Lipinski definition) is 1. The topological polar surface area (TPSA) is 39.1 Å². The molecule has 0 bridgehead atoms. The monoisotopic (exact) mass is 273 g/mol. The van der Waals surface area contributed by atoms with Gasteiger partial charge in [-0.15, -0.1) is 0 Å². The summed E-state index contributed by atoms with van der Waals surface area (Å²) in [5.74, 6) is 0.909. The lowest BCUT2D eigenvalue weighted by Crippen LogP contribution is -2.05. The predicted molar refractivity (Wildman–Crippen MR) is 82.4 cm³/mol. The highest BCUT2D eigenvalue weighted by Gasteiger charge is 2.10. The molecule has 108 valence electrons. The van der Waals surface area contributed by atoms with Crippen molar-refractivity contribution in [3.05, 3.63) is 40.7 Å². The second-order valence-corrected chi connectivity index (χ2v) is 5.06. The van der Waals surface area contributed by atoms with E-state index in [0.29, 0.717) is 6.61 Å². The van der Waals surface area contributed by atoms with Crippen LogP contribution in [-0.4, -0.2) is 16.4 Å². The van der Waals surface area contributed by atoms with Crippen LogP contribution in [0.15, 0.2) is 18.2 Å². The molecule has 0 spiro atoms. The Balaban J connectivity index is 2.18. The molecule has 2 aromatic rings. The van der Waals surface area contributed by atoms with Gasteiger partial charge >= 0.3 is 0 Å². The third-order valence-corrected chi connectivity index (χ3v) is 3.55. The van der Waals surface area contributed by atoms with E-state index in [0.717, 1.165) is 23.7 Å². The molecule has 1 N–H and O–H groups in total. The van der Waals surface area contributed by atoms with Crippen molar-refractivity contribution in [1.82, 2.24) is 9.78 Å². The van der Waals surface area contributed by atoms with Gasteiger partial charge in [0.1, 0.15) is 5.75 Å². The van der Waals surface area contributed by atoms with E-state index in [4.69, 9.17) is 4.74 Å². The summed E-state index contributed by atoms with van der Waals surface area (Å²) in [7, 11) is 1.98. The number of aromatic nitrogens is 2. The van der Waals surface area contributed by atoms with Crippen LogP contribution in [0.2, 0.25) is 0 Å². The minimum absolute atomic E-state index is 0.670. The van der Waals surface area contributed by atoms with E-state index in [9.17, 15) is 0 Å². The molecule has 1 aromatic heterocycles. The molecule has 1 aromatic carbocycles. The van der Waals surface area contributed by atoms with Crippen molar-refractivity contribution < 1.29 is 4.74 Å². The Morgan fingerprint density at radius 2 is 2.00 bits per heavy atom. The molecule has 0 unspecified atom stereocenters. The molecule has 0 atom stereocenters. The number of benzene rings is 1. The first kappa shape index (κ1) is 14.4. The minimum Gasteiger partial charge on any atom is -0.492 e. The first-order chi connectivity index (χ1) is 9.52. The van der Waals surface area contributed by atoms with Gasteiger partial charge in [0, 0.05) is 24.8 Å². The third-order valence-electron chi connectivity index (χ3n) is 3.55. The molecule has 4 heteroatoms. The number of rotatable bonds is 5. The van der Waals surface area contributed by atoms with Gasteiger partial charge in [0.15, 0.2) is 0 Å². The SMILES string of the molecule is CCOc1cc(C)ccc1NCc1c(C)nn(C)c1C. The van der Waals surface area contributed by atoms with Gasteiger partial charge in [0.05, 0.1) is 18.0 Å². The maximum absolute atomic E-state index is 5.69. The molecule has 0 aliphatic heterocycles. The first-order valence-electron chi connectivity index (χ1n) is 6.99. The summed E-state index contributed by atoms with van der Waals surface area (Å²) < 4.78 is 7.61. The smallest absolute Gasteiger partial charge is 0.142 e. The van der Waals surface area contributed by atoms with Gasteiger partial charge in [-0.1, -0.05) is 6.07 Å². The maximum atomic E-state index is 5.69. The Labute approximate surface area is 120 Å². The number of ether oxygens (including phenoxy) is 1. The van der Waals surface area contributed by atoms with Crippen molar-refractivity contribution in [2.45, 2.75) is 34.2 Å². The van der Waals surface area contributed by atoms with Gasteiger partial charge < -0.3 is 10.1 Å². The lowest BCUT2D eigenvalue weighted by molar-refractivity contribution is 0.341. The zero-order chi connectivity index (χ0) is 14.7. The normalized spacial score (nSPS) is 10.7. The summed E-state index contributed by atoms with van der Waals surface area (Å²) >= 11 is 0. The fourth-order valence-electron chi connectivity index (χ4n) is 2.31. The van der Waals surface area contributed by atoms with Gasteiger partial charge in [-0.2, -0.15) is 5.10 Å². The van der Waals surface area contributed by atoms with E-state index in [-0.39, 0.29) is 0 Å². The van der Waals surface area contributed by atoms with Crippen LogP contribution in [0.1, 0.15) is 29.4 Å². The molecule has 0 aliphatic rings. The van der Waals surface area contributed by atoms with Crippen molar-refractivity contribution in [1.29, 1.82) is 0 Å². The van der Waals surface area contributed by atoms with Crippen molar-refractivity contribution in [3.63, 3.8) is 0 Å². The van der Waals surface area contributed by atoms with Crippen LogP contribution in [0.3, 0.4) is 0 Å². The Kier molecular flexibility index (Phi) is 4.32. The second-order valence-electron chi connectivity index (χ2n) is 5.06. The average molecular weight is 273 g/mol. The summed E-state index contributed by atoms with van der Waals surface area (Å²) in [6.45, 7) is 9.64. The van der Waals surface area contributed by atoms with Gasteiger partial charge in [-0.3, -0.25) is 4.68 Å². The molecule has 0 fully saturated rings. The number of hydrogen-bond acceptors (Lipinski definition) is 3. The molecule has 1 heterocycles. The quantitative estimate of drug-likeness (QED) is 0.908. The molecule has 0 saturated heterocycles. The molecule has 0 saturated carbocycles. The van der Waals surface area contributed by atoms with Crippen LogP contribution in [0.5, 0.6) is 5.75 Å². The zero-order valence-corrected chi connectivity index (χ0v) is 12.9. The van der Waals surface area contributed by atoms with Crippen LogP contribution in [-0.2, 0) is 13.6 Å². The van der Waals surface area contributed by atoms with Crippen LogP contribution in [0, 0.1) is 20.8 Å². The predicted octanol–water partition coefficient (Wildman–Crippen LogP) is 3.36. The molecular formula is C16H23N3O. The number of anilines is 1. The van der Waals surface area contributed by atoms with E-state index in [1.54, 1.807) is 0 Å². The fraction of sp³-hybridized carbons (Fsp3) is 0.438. The van der Waals surface area contributed by atoms with Crippen molar-refractivity contribution in [2.24, 2.45) is 7.05 Å². The molecular weight excluding hydrogens is 250 g/mol. The average Bonchev–Trinajstić information content (AvgIpc) is 2.64. The largest absolute Gasteiger partial charge is 0.492 e. The van der Waals surface area contributed by atoms with Gasteiger partial charge in [-0.05, 0) is 45.4 Å². The minimum atomic E-state index is 0.670. The Bertz CT molecular complexity index is 602. The molecule has 0 amide bonds. The van der Waals surface area contributed by atoms with Gasteiger partial charge in [-0.25, -0.2) is 0 Å². The number of nitrogens with one attached hydrogen (secondary N) is 1. The highest BCUT2D eigenvalue weighted by atomic mass is 16.5. The summed E-state index contributed by atoms with van der Waals surface area (Å²) in [4.78, 5) is 0. The first-order valence-corrected chi connectivity index (χ1v) is 6.99. The number of nitrogens with zero attached hydrogens (tertiary/aromatic N) is 2. The van der Waals surface area contributed by atoms with E-state index in [1.165, 1.54) is 16.8 Å². The number of aryl methyl sites for hydroxylation is 3. The van der Waals surface area contributed by atoms with E-state index in [2.05, 4.69) is 42.5 Å². The van der Waals surface area contributed by atoms with E-state index < -0.39 is 0 Å². The summed E-state index contributed by atoms with van der Waals surface area (Å²) in [5, 5.41) is 7.90. The zero-order valence-electron chi connectivity index (χ0n) is 12.9. The van der Waals surface area contributed by atoms with Gasteiger partial charge in [0.25, 0.3) is 0 Å². The fourth-order valence-corrected chi connectivity index (χ4v) is 2.31. The maximum Gasteiger partial charge on any atom is 0.142 e. The Morgan fingerprint density at radius 1 is 1.25 bits per heavy atom. The summed E-state index contributed by atoms with van der Waals surface area (Å²) in [5.41, 5.74) is 5.74. The van der Waals surface area contributed by atoms with Crippen LogP contribution in [0.25, 0.3) is 0 Å². The van der Waals surface area contributed by atoms with Crippen molar-refractivity contribution in [2.75, 3.05) is 11.9 Å². The summed E-state index contributed by atoms with van der Waals surface area (Å²) in [6.07, 6.45) is 0. The van der Waals surface area contributed by atoms with E-state index >= 15 is 0 Å². The van der Waals surface area contributed by atoms with Crippen LogP contribution < -0.4 is 10.1 Å². The third kappa shape index (κ3) is 2.95. The van der Waals surface area contributed by atoms with Crippen LogP contribution >= 0.6 is 0 Å². The lowest BCUT2D eigenvalue weighted by atomic mass is 10.1. The Hall–Kier alpha value is -1.97. The molecule has 20 heavy (non-hydrogen) atoms. The van der Waals surface area contributed by atoms with E-state index in [1.807, 2.05) is 25.6 Å². The van der Waals surface area contributed by atoms with Crippen LogP contribution in [0.4, 0.5) is 5.69 Å². The van der Waals surface area contributed by atoms with Gasteiger partial charge in [0.2, 0.25) is 0 Å². The van der Waals surface area contributed by atoms with Crippen molar-refractivity contribution >= 4 is 5.69 Å².